The second kappa shape index (κ2) is 8.02. The number of halogens is 1. The molecule has 1 aromatic rings. The molecule has 2 nitrogen and oxygen atoms in total. The highest BCUT2D eigenvalue weighted by atomic mass is 35.5. The van der Waals surface area contributed by atoms with Crippen molar-refractivity contribution >= 4 is 11.6 Å². The third kappa shape index (κ3) is 4.76. The molecule has 1 aliphatic rings. The van der Waals surface area contributed by atoms with E-state index in [4.69, 9.17) is 11.6 Å². The lowest BCUT2D eigenvalue weighted by molar-refractivity contribution is 0.195. The second-order valence-electron chi connectivity index (χ2n) is 5.92. The minimum absolute atomic E-state index is 0.669. The molecule has 0 saturated carbocycles. The van der Waals surface area contributed by atoms with Gasteiger partial charge in [0, 0.05) is 17.6 Å². The number of likely N-dealkylation sites (tertiary alicyclic amines) is 1. The largest absolute Gasteiger partial charge is 0.310 e. The number of piperidine rings is 1. The van der Waals surface area contributed by atoms with Crippen LogP contribution in [0.5, 0.6) is 0 Å². The smallest absolute Gasteiger partial charge is 0.0408 e. The lowest BCUT2D eigenvalue weighted by Gasteiger charge is -2.32. The lowest BCUT2D eigenvalue weighted by Crippen LogP contribution is -2.42. The van der Waals surface area contributed by atoms with E-state index in [0.717, 1.165) is 11.6 Å². The van der Waals surface area contributed by atoms with Crippen molar-refractivity contribution in [3.8, 4) is 0 Å². The van der Waals surface area contributed by atoms with Gasteiger partial charge < -0.3 is 10.2 Å². The van der Waals surface area contributed by atoms with E-state index in [1.165, 1.54) is 56.4 Å². The summed E-state index contributed by atoms with van der Waals surface area (Å²) in [5, 5.41) is 4.53. The number of nitrogens with one attached hydrogen (secondary N) is 1. The summed E-state index contributed by atoms with van der Waals surface area (Å²) >= 11 is 6.00. The molecule has 0 bridgehead atoms. The van der Waals surface area contributed by atoms with Gasteiger partial charge in [-0.05, 0) is 69.1 Å². The highest BCUT2D eigenvalue weighted by Gasteiger charge is 2.18. The molecule has 20 heavy (non-hydrogen) atoms. The van der Waals surface area contributed by atoms with Crippen LogP contribution in [0.4, 0.5) is 0 Å². The van der Waals surface area contributed by atoms with Crippen LogP contribution in [0.15, 0.2) is 18.2 Å². The summed E-state index contributed by atoms with van der Waals surface area (Å²) in [5.41, 5.74) is 2.65. The van der Waals surface area contributed by atoms with Gasteiger partial charge in [-0.2, -0.15) is 0 Å². The molecule has 0 spiro atoms. The maximum Gasteiger partial charge on any atom is 0.0408 e. The van der Waals surface area contributed by atoms with Crippen molar-refractivity contribution in [1.29, 1.82) is 0 Å². The number of hydrogen-bond acceptors (Lipinski definition) is 2. The molecule has 3 heteroatoms. The van der Waals surface area contributed by atoms with Crippen molar-refractivity contribution in [2.75, 3.05) is 19.6 Å². The van der Waals surface area contributed by atoms with E-state index in [0.29, 0.717) is 6.04 Å². The van der Waals surface area contributed by atoms with Crippen molar-refractivity contribution in [3.63, 3.8) is 0 Å². The van der Waals surface area contributed by atoms with E-state index in [9.17, 15) is 0 Å². The van der Waals surface area contributed by atoms with Crippen molar-refractivity contribution in [2.24, 2.45) is 0 Å². The molecule has 1 aliphatic heterocycles. The molecule has 0 unspecified atom stereocenters. The molecule has 0 atom stereocenters. The van der Waals surface area contributed by atoms with E-state index >= 15 is 0 Å². The topological polar surface area (TPSA) is 15.3 Å². The van der Waals surface area contributed by atoms with Gasteiger partial charge in [-0.3, -0.25) is 0 Å². The quantitative estimate of drug-likeness (QED) is 0.853. The van der Waals surface area contributed by atoms with Crippen molar-refractivity contribution in [1.82, 2.24) is 10.2 Å². The highest BCUT2D eigenvalue weighted by molar-refractivity contribution is 6.30. The fraction of sp³-hybridized carbons (Fsp3) is 0.647. The Morgan fingerprint density at radius 1 is 1.30 bits per heavy atom. The Morgan fingerprint density at radius 3 is 2.70 bits per heavy atom. The summed E-state index contributed by atoms with van der Waals surface area (Å²) in [6, 6.07) is 6.84. The van der Waals surface area contributed by atoms with Gasteiger partial charge in [0.15, 0.2) is 0 Å². The van der Waals surface area contributed by atoms with Crippen molar-refractivity contribution < 1.29 is 0 Å². The van der Waals surface area contributed by atoms with E-state index < -0.39 is 0 Å². The Morgan fingerprint density at radius 2 is 2.05 bits per heavy atom. The van der Waals surface area contributed by atoms with Crippen LogP contribution in [-0.4, -0.2) is 30.6 Å². The predicted octanol–water partition coefficient (Wildman–Crippen LogP) is 4.00. The first-order valence-corrected chi connectivity index (χ1v) is 8.27. The molecule has 0 aromatic heterocycles. The molecule has 0 aliphatic carbocycles. The van der Waals surface area contributed by atoms with Crippen LogP contribution < -0.4 is 5.32 Å². The van der Waals surface area contributed by atoms with E-state index in [1.807, 2.05) is 12.1 Å². The van der Waals surface area contributed by atoms with Crippen LogP contribution in [-0.2, 0) is 6.54 Å². The van der Waals surface area contributed by atoms with Crippen LogP contribution in [0.2, 0.25) is 5.02 Å². The van der Waals surface area contributed by atoms with E-state index in [-0.39, 0.29) is 0 Å². The summed E-state index contributed by atoms with van der Waals surface area (Å²) in [4.78, 5) is 2.61. The molecule has 112 valence electrons. The summed E-state index contributed by atoms with van der Waals surface area (Å²) in [7, 11) is 0. The fourth-order valence-corrected chi connectivity index (χ4v) is 3.08. The number of rotatable bonds is 6. The Labute approximate surface area is 128 Å². The van der Waals surface area contributed by atoms with Gasteiger partial charge >= 0.3 is 0 Å². The Hall–Kier alpha value is -0.570. The Bertz CT molecular complexity index is 411. The van der Waals surface area contributed by atoms with Gasteiger partial charge in [0.25, 0.3) is 0 Å². The molecular weight excluding hydrogens is 268 g/mol. The third-order valence-electron chi connectivity index (χ3n) is 4.30. The average Bonchev–Trinajstić information content (AvgIpc) is 2.45. The zero-order valence-corrected chi connectivity index (χ0v) is 13.5. The predicted molar refractivity (Wildman–Crippen MR) is 87.4 cm³/mol. The maximum absolute atomic E-state index is 6.00. The number of hydrogen-bond donors (Lipinski definition) is 1. The molecule has 1 heterocycles. The summed E-state index contributed by atoms with van der Waals surface area (Å²) in [5.74, 6) is 0. The standard InChI is InChI=1S/C17H27ClN2/c1-3-4-9-20-10-7-17(8-11-20)19-13-15-5-6-16(18)12-14(15)2/h5-6,12,17,19H,3-4,7-11,13H2,1-2H3. The molecule has 1 saturated heterocycles. The normalized spacial score (nSPS) is 17.6. The van der Waals surface area contributed by atoms with Crippen molar-refractivity contribution in [2.45, 2.75) is 52.1 Å². The summed E-state index contributed by atoms with van der Waals surface area (Å²) < 4.78 is 0. The molecule has 1 N–H and O–H groups in total. The minimum Gasteiger partial charge on any atom is -0.310 e. The highest BCUT2D eigenvalue weighted by Crippen LogP contribution is 2.16. The summed E-state index contributed by atoms with van der Waals surface area (Å²) in [6.07, 6.45) is 5.18. The van der Waals surface area contributed by atoms with Gasteiger partial charge in [-0.15, -0.1) is 0 Å². The first-order chi connectivity index (χ1) is 9.69. The number of unbranched alkanes of at least 4 members (excludes halogenated alkanes) is 1. The monoisotopic (exact) mass is 294 g/mol. The maximum atomic E-state index is 6.00. The number of nitrogens with zero attached hydrogens (tertiary/aromatic N) is 1. The third-order valence-corrected chi connectivity index (χ3v) is 4.54. The van der Waals surface area contributed by atoms with E-state index in [2.05, 4.69) is 30.1 Å². The summed E-state index contributed by atoms with van der Waals surface area (Å²) in [6.45, 7) is 9.13. The Kier molecular flexibility index (Phi) is 6.34. The van der Waals surface area contributed by atoms with Gasteiger partial charge in [0.1, 0.15) is 0 Å². The SMILES string of the molecule is CCCCN1CCC(NCc2ccc(Cl)cc2C)CC1. The average molecular weight is 295 g/mol. The van der Waals surface area contributed by atoms with Crippen LogP contribution >= 0.6 is 11.6 Å². The van der Waals surface area contributed by atoms with Crippen LogP contribution in [0.1, 0.15) is 43.7 Å². The lowest BCUT2D eigenvalue weighted by atomic mass is 10.0. The van der Waals surface area contributed by atoms with E-state index in [1.54, 1.807) is 0 Å². The molecule has 2 rings (SSSR count). The van der Waals surface area contributed by atoms with Gasteiger partial charge in [0.2, 0.25) is 0 Å². The zero-order valence-electron chi connectivity index (χ0n) is 12.8. The van der Waals surface area contributed by atoms with Crippen LogP contribution in [0, 0.1) is 6.92 Å². The fourth-order valence-electron chi connectivity index (χ4n) is 2.85. The minimum atomic E-state index is 0.669. The van der Waals surface area contributed by atoms with Crippen LogP contribution in [0.3, 0.4) is 0 Å². The first-order valence-electron chi connectivity index (χ1n) is 7.90. The number of benzene rings is 1. The zero-order chi connectivity index (χ0) is 14.4. The first kappa shape index (κ1) is 15.8. The van der Waals surface area contributed by atoms with Gasteiger partial charge in [-0.25, -0.2) is 0 Å². The molecule has 0 amide bonds. The molecule has 1 aromatic carbocycles. The van der Waals surface area contributed by atoms with Gasteiger partial charge in [-0.1, -0.05) is 31.0 Å². The van der Waals surface area contributed by atoms with Crippen molar-refractivity contribution in [3.05, 3.63) is 34.3 Å². The second-order valence-corrected chi connectivity index (χ2v) is 6.36. The van der Waals surface area contributed by atoms with Gasteiger partial charge in [0.05, 0.1) is 0 Å². The molecule has 1 fully saturated rings. The molecular formula is C17H27ClN2. The Balaban J connectivity index is 1.73. The number of aryl methyl sites for hydroxylation is 1. The molecule has 0 radical (unpaired) electrons. The van der Waals surface area contributed by atoms with Crippen LogP contribution in [0.25, 0.3) is 0 Å².